The molecule has 0 heterocycles. The smallest absolute Gasteiger partial charge is 0.328 e. The molecule has 144 valence electrons. The molecule has 1 rings (SSSR count). The van der Waals surface area contributed by atoms with Crippen LogP contribution in [0.1, 0.15) is 12.5 Å². The predicted molar refractivity (Wildman–Crippen MR) is 96.8 cm³/mol. The maximum absolute atomic E-state index is 12.2. The molecule has 0 fully saturated rings. The van der Waals surface area contributed by atoms with Crippen molar-refractivity contribution in [1.29, 1.82) is 0 Å². The van der Waals surface area contributed by atoms with Gasteiger partial charge in [0, 0.05) is 5.75 Å². The van der Waals surface area contributed by atoms with Crippen LogP contribution in [0.5, 0.6) is 5.75 Å². The number of phenols is 1. The maximum Gasteiger partial charge on any atom is 0.328 e. The summed E-state index contributed by atoms with van der Waals surface area (Å²) in [5.41, 5.74) is 6.54. The van der Waals surface area contributed by atoms with Crippen LogP contribution in [0.3, 0.4) is 0 Å². The number of aromatic hydroxyl groups is 1. The minimum absolute atomic E-state index is 0.0876. The standard InChI is InChI=1S/C16H23N3O6S/c1-8(20)13(16(24)25)19-15(23)12(7-26)18-14(22)11(17)6-9-2-4-10(21)5-3-9/h2-5,8,11-13,20-21,26H,6-7,17H2,1H3,(H,18,22)(H,19,23)(H,24,25). The third-order valence-electron chi connectivity index (χ3n) is 3.59. The monoisotopic (exact) mass is 385 g/mol. The molecule has 2 amide bonds. The van der Waals surface area contributed by atoms with Gasteiger partial charge in [-0.25, -0.2) is 4.79 Å². The quantitative estimate of drug-likeness (QED) is 0.258. The number of amides is 2. The number of hydrogen-bond acceptors (Lipinski definition) is 7. The van der Waals surface area contributed by atoms with Crippen molar-refractivity contribution in [3.8, 4) is 5.75 Å². The number of aliphatic carboxylic acids is 1. The van der Waals surface area contributed by atoms with Gasteiger partial charge in [0.05, 0.1) is 12.1 Å². The van der Waals surface area contributed by atoms with Crippen LogP contribution in [-0.4, -0.2) is 63.1 Å². The number of benzene rings is 1. The van der Waals surface area contributed by atoms with E-state index in [-0.39, 0.29) is 17.9 Å². The predicted octanol–water partition coefficient (Wildman–Crippen LogP) is -1.37. The lowest BCUT2D eigenvalue weighted by molar-refractivity contribution is -0.145. The van der Waals surface area contributed by atoms with Gasteiger partial charge in [0.15, 0.2) is 6.04 Å². The van der Waals surface area contributed by atoms with Gasteiger partial charge in [-0.3, -0.25) is 9.59 Å². The van der Waals surface area contributed by atoms with Gasteiger partial charge in [-0.1, -0.05) is 12.1 Å². The third-order valence-corrected chi connectivity index (χ3v) is 3.96. The Morgan fingerprint density at radius 3 is 2.19 bits per heavy atom. The number of rotatable bonds is 9. The summed E-state index contributed by atoms with van der Waals surface area (Å²) in [6, 6.07) is 2.58. The molecule has 4 atom stereocenters. The molecular weight excluding hydrogens is 362 g/mol. The molecule has 0 saturated heterocycles. The first-order valence-corrected chi connectivity index (χ1v) is 8.45. The largest absolute Gasteiger partial charge is 0.508 e. The second kappa shape index (κ2) is 10.00. The summed E-state index contributed by atoms with van der Waals surface area (Å²) in [5.74, 6) is -2.81. The van der Waals surface area contributed by atoms with Crippen LogP contribution in [-0.2, 0) is 20.8 Å². The fourth-order valence-electron chi connectivity index (χ4n) is 2.09. The van der Waals surface area contributed by atoms with Crippen molar-refractivity contribution in [2.75, 3.05) is 5.75 Å². The zero-order chi connectivity index (χ0) is 19.9. The normalized spacial score (nSPS) is 15.4. The molecule has 0 radical (unpaired) electrons. The van der Waals surface area contributed by atoms with Crippen LogP contribution in [0, 0.1) is 0 Å². The number of thiol groups is 1. The van der Waals surface area contributed by atoms with Crippen LogP contribution in [0.15, 0.2) is 24.3 Å². The molecule has 10 heteroatoms. The van der Waals surface area contributed by atoms with Gasteiger partial charge in [0.25, 0.3) is 0 Å². The second-order valence-electron chi connectivity index (χ2n) is 5.79. The lowest BCUT2D eigenvalue weighted by Gasteiger charge is -2.22. The fourth-order valence-corrected chi connectivity index (χ4v) is 2.35. The molecule has 1 aromatic rings. The van der Waals surface area contributed by atoms with Crippen LogP contribution in [0.2, 0.25) is 0 Å². The molecule has 7 N–H and O–H groups in total. The van der Waals surface area contributed by atoms with Crippen molar-refractivity contribution in [2.24, 2.45) is 5.73 Å². The first kappa shape index (κ1) is 21.7. The first-order chi connectivity index (χ1) is 12.1. The first-order valence-electron chi connectivity index (χ1n) is 7.81. The zero-order valence-corrected chi connectivity index (χ0v) is 15.0. The Labute approximate surface area is 156 Å². The molecule has 0 spiro atoms. The minimum atomic E-state index is -1.51. The average Bonchev–Trinajstić information content (AvgIpc) is 2.58. The highest BCUT2D eigenvalue weighted by Crippen LogP contribution is 2.11. The van der Waals surface area contributed by atoms with Crippen molar-refractivity contribution >= 4 is 30.4 Å². The molecule has 9 nitrogen and oxygen atoms in total. The van der Waals surface area contributed by atoms with E-state index in [1.165, 1.54) is 19.1 Å². The van der Waals surface area contributed by atoms with Gasteiger partial charge in [0.1, 0.15) is 11.8 Å². The Hall–Kier alpha value is -2.30. The number of carbonyl (C=O) groups is 3. The van der Waals surface area contributed by atoms with E-state index in [4.69, 9.17) is 10.8 Å². The number of aliphatic hydroxyl groups is 1. The SMILES string of the molecule is CC(O)C(NC(=O)C(CS)NC(=O)C(N)Cc1ccc(O)cc1)C(=O)O. The molecule has 0 aliphatic rings. The summed E-state index contributed by atoms with van der Waals surface area (Å²) < 4.78 is 0. The van der Waals surface area contributed by atoms with Gasteiger partial charge >= 0.3 is 5.97 Å². The number of carbonyl (C=O) groups excluding carboxylic acids is 2. The molecule has 0 bridgehead atoms. The molecule has 0 aliphatic heterocycles. The van der Waals surface area contributed by atoms with Gasteiger partial charge in [0.2, 0.25) is 11.8 Å². The number of carboxylic acid groups (broad SMARTS) is 1. The summed E-state index contributed by atoms with van der Waals surface area (Å²) in [5, 5.41) is 32.2. The van der Waals surface area contributed by atoms with E-state index >= 15 is 0 Å². The lowest BCUT2D eigenvalue weighted by Crippen LogP contribution is -2.57. The highest BCUT2D eigenvalue weighted by Gasteiger charge is 2.29. The zero-order valence-electron chi connectivity index (χ0n) is 14.1. The summed E-state index contributed by atoms with van der Waals surface area (Å²) in [7, 11) is 0. The van der Waals surface area contributed by atoms with E-state index in [9.17, 15) is 24.6 Å². The number of nitrogens with two attached hydrogens (primary N) is 1. The Morgan fingerprint density at radius 2 is 1.73 bits per heavy atom. The number of aliphatic hydroxyl groups excluding tert-OH is 1. The fraction of sp³-hybridized carbons (Fsp3) is 0.438. The van der Waals surface area contributed by atoms with Gasteiger partial charge in [-0.15, -0.1) is 0 Å². The minimum Gasteiger partial charge on any atom is -0.508 e. The molecule has 0 aliphatic carbocycles. The molecule has 4 unspecified atom stereocenters. The topological polar surface area (TPSA) is 162 Å². The Kier molecular flexibility index (Phi) is 8.36. The van der Waals surface area contributed by atoms with Crippen LogP contribution < -0.4 is 16.4 Å². The van der Waals surface area contributed by atoms with Crippen LogP contribution in [0.4, 0.5) is 0 Å². The summed E-state index contributed by atoms with van der Waals surface area (Å²) in [4.78, 5) is 35.3. The highest BCUT2D eigenvalue weighted by molar-refractivity contribution is 7.80. The Bertz CT molecular complexity index is 637. The van der Waals surface area contributed by atoms with E-state index in [1.54, 1.807) is 12.1 Å². The number of hydrogen-bond donors (Lipinski definition) is 7. The van der Waals surface area contributed by atoms with Crippen molar-refractivity contribution in [3.63, 3.8) is 0 Å². The molecule has 0 aromatic heterocycles. The van der Waals surface area contributed by atoms with E-state index in [1.807, 2.05) is 0 Å². The average molecular weight is 385 g/mol. The molecule has 0 saturated carbocycles. The third kappa shape index (κ3) is 6.54. The lowest BCUT2D eigenvalue weighted by atomic mass is 10.1. The Balaban J connectivity index is 2.67. The molecule has 26 heavy (non-hydrogen) atoms. The summed E-state index contributed by atoms with van der Waals surface area (Å²) in [6.45, 7) is 1.22. The van der Waals surface area contributed by atoms with Crippen molar-refractivity contribution in [3.05, 3.63) is 29.8 Å². The van der Waals surface area contributed by atoms with Crippen molar-refractivity contribution in [2.45, 2.75) is 37.6 Å². The summed E-state index contributed by atoms with van der Waals surface area (Å²) >= 11 is 3.98. The van der Waals surface area contributed by atoms with Gasteiger partial charge < -0.3 is 31.7 Å². The number of nitrogens with one attached hydrogen (secondary N) is 2. The van der Waals surface area contributed by atoms with Gasteiger partial charge in [-0.05, 0) is 31.0 Å². The Morgan fingerprint density at radius 1 is 1.15 bits per heavy atom. The van der Waals surface area contributed by atoms with E-state index in [2.05, 4.69) is 23.3 Å². The van der Waals surface area contributed by atoms with Gasteiger partial charge in [-0.2, -0.15) is 12.6 Å². The van der Waals surface area contributed by atoms with Crippen molar-refractivity contribution in [1.82, 2.24) is 10.6 Å². The van der Waals surface area contributed by atoms with Crippen molar-refractivity contribution < 1.29 is 29.7 Å². The van der Waals surface area contributed by atoms with E-state index in [0.29, 0.717) is 0 Å². The second-order valence-corrected chi connectivity index (χ2v) is 6.15. The van der Waals surface area contributed by atoms with Crippen LogP contribution in [0.25, 0.3) is 0 Å². The number of carboxylic acids is 1. The number of phenolic OH excluding ortho intramolecular Hbond substituents is 1. The van der Waals surface area contributed by atoms with E-state index < -0.39 is 42.0 Å². The van der Waals surface area contributed by atoms with E-state index in [0.717, 1.165) is 5.56 Å². The molecule has 1 aromatic carbocycles. The van der Waals surface area contributed by atoms with Crippen LogP contribution >= 0.6 is 12.6 Å². The molecular formula is C16H23N3O6S. The highest BCUT2D eigenvalue weighted by atomic mass is 32.1. The maximum atomic E-state index is 12.2. The summed E-state index contributed by atoms with van der Waals surface area (Å²) in [6.07, 6.45) is -1.14.